The second-order valence-corrected chi connectivity index (χ2v) is 2.60. The smallest absolute Gasteiger partial charge is 0.398 e. The van der Waals surface area contributed by atoms with Crippen molar-refractivity contribution in [3.05, 3.63) is 28.3 Å². The lowest BCUT2D eigenvalue weighted by Crippen LogP contribution is -2.18. The monoisotopic (exact) mass is 237 g/mol. The fraction of sp³-hybridized carbons (Fsp3) is 0.143. The van der Waals surface area contributed by atoms with Crippen molar-refractivity contribution in [2.75, 3.05) is 5.43 Å². The molecule has 0 saturated heterocycles. The molecule has 0 bridgehead atoms. The first-order valence-corrected chi connectivity index (χ1v) is 3.85. The summed E-state index contributed by atoms with van der Waals surface area (Å²) in [4.78, 5) is 9.53. The fourth-order valence-corrected chi connectivity index (χ4v) is 1.03. The third-order valence-corrected chi connectivity index (χ3v) is 1.56. The van der Waals surface area contributed by atoms with Gasteiger partial charge in [-0.25, -0.2) is 0 Å². The summed E-state index contributed by atoms with van der Waals surface area (Å²) in [5.41, 5.74) is 0.770. The summed E-state index contributed by atoms with van der Waals surface area (Å²) in [6.45, 7) is 0. The van der Waals surface area contributed by atoms with Gasteiger partial charge in [-0.2, -0.15) is 0 Å². The molecule has 0 spiro atoms. The largest absolute Gasteiger partial charge is 0.573 e. The van der Waals surface area contributed by atoms with Gasteiger partial charge in [-0.05, 0) is 12.1 Å². The quantitative estimate of drug-likeness (QED) is 0.475. The number of hydrazine groups is 1. The van der Waals surface area contributed by atoms with Crippen LogP contribution in [-0.2, 0) is 0 Å². The van der Waals surface area contributed by atoms with Crippen LogP contribution in [0.4, 0.5) is 24.5 Å². The Morgan fingerprint density at radius 3 is 2.50 bits per heavy atom. The number of benzene rings is 1. The number of ether oxygens (including phenoxy) is 1. The van der Waals surface area contributed by atoms with E-state index in [0.29, 0.717) is 0 Å². The Balaban J connectivity index is 3.22. The van der Waals surface area contributed by atoms with Crippen molar-refractivity contribution in [1.29, 1.82) is 0 Å². The number of anilines is 1. The predicted octanol–water partition coefficient (Wildman–Crippen LogP) is 1.78. The normalized spacial score (nSPS) is 11.0. The lowest BCUT2D eigenvalue weighted by Gasteiger charge is -2.10. The predicted molar refractivity (Wildman–Crippen MR) is 47.6 cm³/mol. The maximum absolute atomic E-state index is 11.9. The van der Waals surface area contributed by atoms with E-state index in [1.807, 2.05) is 5.43 Å². The second-order valence-electron chi connectivity index (χ2n) is 2.60. The minimum Gasteiger partial charge on any atom is -0.398 e. The molecule has 16 heavy (non-hydrogen) atoms. The van der Waals surface area contributed by atoms with E-state index in [9.17, 15) is 23.3 Å². The molecule has 0 aliphatic carbocycles. The van der Waals surface area contributed by atoms with Crippen molar-refractivity contribution in [2.24, 2.45) is 5.84 Å². The van der Waals surface area contributed by atoms with Crippen LogP contribution in [0.1, 0.15) is 0 Å². The molecule has 0 unspecified atom stereocenters. The summed E-state index contributed by atoms with van der Waals surface area (Å²) in [5, 5.41) is 10.5. The first kappa shape index (κ1) is 12.0. The van der Waals surface area contributed by atoms with Gasteiger partial charge in [0.1, 0.15) is 5.69 Å². The van der Waals surface area contributed by atoms with Crippen molar-refractivity contribution >= 4 is 11.4 Å². The molecule has 6 nitrogen and oxygen atoms in total. The lowest BCUT2D eigenvalue weighted by molar-refractivity contribution is -0.387. The maximum Gasteiger partial charge on any atom is 0.573 e. The first-order chi connectivity index (χ1) is 7.35. The summed E-state index contributed by atoms with van der Waals surface area (Å²) in [6, 6.07) is 3.12. The van der Waals surface area contributed by atoms with Crippen LogP contribution in [0.25, 0.3) is 0 Å². The van der Waals surface area contributed by atoms with Gasteiger partial charge in [0.2, 0.25) is 5.75 Å². The zero-order valence-electron chi connectivity index (χ0n) is 7.62. The van der Waals surface area contributed by atoms with Crippen LogP contribution in [0, 0.1) is 10.1 Å². The molecular weight excluding hydrogens is 231 g/mol. The van der Waals surface area contributed by atoms with Crippen molar-refractivity contribution in [3.63, 3.8) is 0 Å². The average Bonchev–Trinajstić information content (AvgIpc) is 2.14. The minimum absolute atomic E-state index is 0.272. The van der Waals surface area contributed by atoms with Crippen molar-refractivity contribution in [1.82, 2.24) is 0 Å². The van der Waals surface area contributed by atoms with Crippen LogP contribution >= 0.6 is 0 Å². The number of hydrogen-bond acceptors (Lipinski definition) is 5. The third-order valence-electron chi connectivity index (χ3n) is 1.56. The number of rotatable bonds is 3. The van der Waals surface area contributed by atoms with Crippen LogP contribution in [0.5, 0.6) is 5.75 Å². The van der Waals surface area contributed by atoms with E-state index in [4.69, 9.17) is 5.84 Å². The van der Waals surface area contributed by atoms with E-state index in [1.165, 1.54) is 0 Å². The number of nitrogens with zero attached hydrogens (tertiary/aromatic N) is 1. The number of halogens is 3. The molecule has 0 aliphatic heterocycles. The highest BCUT2D eigenvalue weighted by molar-refractivity contribution is 5.67. The van der Waals surface area contributed by atoms with Gasteiger partial charge in [-0.3, -0.25) is 16.0 Å². The van der Waals surface area contributed by atoms with Gasteiger partial charge >= 0.3 is 12.0 Å². The summed E-state index contributed by atoms with van der Waals surface area (Å²) >= 11 is 0. The first-order valence-electron chi connectivity index (χ1n) is 3.85. The summed E-state index contributed by atoms with van der Waals surface area (Å²) in [5.74, 6) is 4.01. The van der Waals surface area contributed by atoms with Gasteiger partial charge in [0.05, 0.1) is 4.92 Å². The van der Waals surface area contributed by atoms with Crippen LogP contribution in [0.3, 0.4) is 0 Å². The molecule has 0 aliphatic rings. The number of nitrogens with one attached hydrogen (secondary N) is 1. The highest BCUT2D eigenvalue weighted by Crippen LogP contribution is 2.37. The molecule has 0 fully saturated rings. The van der Waals surface area contributed by atoms with Gasteiger partial charge in [0.15, 0.2) is 0 Å². The Labute approximate surface area is 86.9 Å². The van der Waals surface area contributed by atoms with Gasteiger partial charge in [-0.15, -0.1) is 13.2 Å². The average molecular weight is 237 g/mol. The molecule has 1 aromatic rings. The SMILES string of the molecule is NNc1cccc(OC(F)(F)F)c1[N+](=O)[O-]. The lowest BCUT2D eigenvalue weighted by atomic mass is 10.2. The van der Waals surface area contributed by atoms with E-state index in [2.05, 4.69) is 4.74 Å². The molecular formula is C7H6F3N3O3. The molecule has 9 heteroatoms. The van der Waals surface area contributed by atoms with Crippen LogP contribution in [-0.4, -0.2) is 11.3 Å². The Hall–Kier alpha value is -2.03. The van der Waals surface area contributed by atoms with Gasteiger partial charge < -0.3 is 10.2 Å². The third kappa shape index (κ3) is 2.73. The molecule has 0 amide bonds. The second kappa shape index (κ2) is 4.23. The topological polar surface area (TPSA) is 90.4 Å². The Bertz CT molecular complexity index is 408. The standard InChI is InChI=1S/C7H6F3N3O3/c8-7(9,10)16-5-3-1-2-4(12-11)6(5)13(14)15/h1-3,12H,11H2. The zero-order valence-corrected chi connectivity index (χ0v) is 7.62. The van der Waals surface area contributed by atoms with E-state index in [1.54, 1.807) is 0 Å². The molecule has 0 aromatic heterocycles. The molecule has 0 saturated carbocycles. The molecule has 88 valence electrons. The van der Waals surface area contributed by atoms with Gasteiger partial charge in [0.25, 0.3) is 0 Å². The van der Waals surface area contributed by atoms with Crippen LogP contribution < -0.4 is 16.0 Å². The number of nitrogen functional groups attached to an aromatic ring is 1. The van der Waals surface area contributed by atoms with Crippen LogP contribution in [0.15, 0.2) is 18.2 Å². The molecule has 3 N–H and O–H groups in total. The molecule has 1 rings (SSSR count). The van der Waals surface area contributed by atoms with E-state index < -0.39 is 22.7 Å². The summed E-state index contributed by atoms with van der Waals surface area (Å²) in [7, 11) is 0. The highest BCUT2D eigenvalue weighted by Gasteiger charge is 2.35. The molecule has 0 atom stereocenters. The van der Waals surface area contributed by atoms with E-state index in [-0.39, 0.29) is 5.69 Å². The number of nitrogens with two attached hydrogens (primary N) is 1. The number of nitro benzene ring substituents is 1. The maximum atomic E-state index is 11.9. The number of hydrogen-bond donors (Lipinski definition) is 2. The number of alkyl halides is 3. The molecule has 0 heterocycles. The van der Waals surface area contributed by atoms with Gasteiger partial charge in [-0.1, -0.05) is 6.07 Å². The summed E-state index contributed by atoms with van der Waals surface area (Å²) in [6.07, 6.45) is -5.00. The van der Waals surface area contributed by atoms with Crippen molar-refractivity contribution in [2.45, 2.75) is 6.36 Å². The van der Waals surface area contributed by atoms with E-state index in [0.717, 1.165) is 18.2 Å². The Morgan fingerprint density at radius 2 is 2.06 bits per heavy atom. The molecule has 1 aromatic carbocycles. The van der Waals surface area contributed by atoms with Crippen molar-refractivity contribution < 1.29 is 22.8 Å². The minimum atomic E-state index is -5.00. The van der Waals surface area contributed by atoms with Crippen molar-refractivity contribution in [3.8, 4) is 5.75 Å². The number of nitro groups is 1. The van der Waals surface area contributed by atoms with Crippen LogP contribution in [0.2, 0.25) is 0 Å². The summed E-state index contributed by atoms with van der Waals surface area (Å²) < 4.78 is 39.3. The Kier molecular flexibility index (Phi) is 3.18. The fourth-order valence-electron chi connectivity index (χ4n) is 1.03. The Morgan fingerprint density at radius 1 is 1.44 bits per heavy atom. The highest BCUT2D eigenvalue weighted by atomic mass is 19.4. The van der Waals surface area contributed by atoms with E-state index >= 15 is 0 Å². The zero-order chi connectivity index (χ0) is 12.3. The molecule has 0 radical (unpaired) electrons. The van der Waals surface area contributed by atoms with Gasteiger partial charge in [0, 0.05) is 0 Å². The number of para-hydroxylation sites is 1.